The Morgan fingerprint density at radius 3 is 2.60 bits per heavy atom. The highest BCUT2D eigenvalue weighted by Crippen LogP contribution is 2.17. The highest BCUT2D eigenvalue weighted by Gasteiger charge is 2.12. The van der Waals surface area contributed by atoms with Crippen LogP contribution >= 0.6 is 0 Å². The summed E-state index contributed by atoms with van der Waals surface area (Å²) in [6.07, 6.45) is 4.68. The second-order valence-corrected chi connectivity index (χ2v) is 2.98. The van der Waals surface area contributed by atoms with Crippen LogP contribution in [0.25, 0.3) is 0 Å². The first kappa shape index (κ1) is 8.02. The fourth-order valence-corrected chi connectivity index (χ4v) is 1.47. The summed E-state index contributed by atoms with van der Waals surface area (Å²) >= 11 is 0. The van der Waals surface area contributed by atoms with E-state index in [1.807, 2.05) is 0 Å². The lowest BCUT2D eigenvalue weighted by atomic mass is 9.93. The van der Waals surface area contributed by atoms with Gasteiger partial charge in [0.15, 0.2) is 0 Å². The molecule has 0 aromatic rings. The second-order valence-electron chi connectivity index (χ2n) is 2.98. The maximum Gasteiger partial charge on any atom is 0.0431 e. The van der Waals surface area contributed by atoms with Crippen molar-refractivity contribution in [2.45, 2.75) is 25.7 Å². The normalized spacial score (nSPS) is 21.3. The van der Waals surface area contributed by atoms with Crippen molar-refractivity contribution in [3.05, 3.63) is 0 Å². The van der Waals surface area contributed by atoms with Gasteiger partial charge in [0, 0.05) is 19.7 Å². The molecular weight excluding hydrogens is 126 g/mol. The molecule has 2 heteroatoms. The number of piperidine rings is 1. The van der Waals surface area contributed by atoms with Gasteiger partial charge in [-0.05, 0) is 31.6 Å². The van der Waals surface area contributed by atoms with Gasteiger partial charge in [-0.1, -0.05) is 0 Å². The molecule has 0 aliphatic carbocycles. The third-order valence-corrected chi connectivity index (χ3v) is 2.16. The number of hydrogen-bond acceptors (Lipinski definition) is 1. The summed E-state index contributed by atoms with van der Waals surface area (Å²) in [5.41, 5.74) is 0. The molecule has 1 saturated heterocycles. The molecule has 0 bridgehead atoms. The van der Waals surface area contributed by atoms with Crippen LogP contribution < -0.4 is 5.32 Å². The minimum absolute atomic E-state index is 0.355. The Kier molecular flexibility index (Phi) is 3.76. The van der Waals surface area contributed by atoms with Gasteiger partial charge in [0.2, 0.25) is 0 Å². The van der Waals surface area contributed by atoms with Gasteiger partial charge in [-0.15, -0.1) is 0 Å². The van der Waals surface area contributed by atoms with E-state index in [0.717, 1.165) is 25.4 Å². The van der Waals surface area contributed by atoms with Crippen LogP contribution in [0.2, 0.25) is 0 Å². The van der Waals surface area contributed by atoms with Gasteiger partial charge in [0.25, 0.3) is 0 Å². The third-order valence-electron chi connectivity index (χ3n) is 2.16. The summed E-state index contributed by atoms with van der Waals surface area (Å²) in [7, 11) is 0. The average Bonchev–Trinajstić information content (AvgIpc) is 2.03. The van der Waals surface area contributed by atoms with E-state index in [1.165, 1.54) is 19.3 Å². The molecule has 0 saturated carbocycles. The summed E-state index contributed by atoms with van der Waals surface area (Å²) in [5, 5.41) is 12.8. The van der Waals surface area contributed by atoms with E-state index in [2.05, 4.69) is 5.32 Å². The topological polar surface area (TPSA) is 34.3 Å². The first-order chi connectivity index (χ1) is 4.93. The average molecular weight is 142 g/mol. The van der Waals surface area contributed by atoms with Crippen molar-refractivity contribution in [3.63, 3.8) is 0 Å². The Morgan fingerprint density at radius 1 is 1.30 bits per heavy atom. The van der Waals surface area contributed by atoms with Crippen molar-refractivity contribution in [1.29, 1.82) is 0 Å². The smallest absolute Gasteiger partial charge is 0.0431 e. The number of nitrogens with zero attached hydrogens (tertiary/aromatic N) is 1. The number of aliphatic hydroxyl groups is 1. The van der Waals surface area contributed by atoms with E-state index < -0.39 is 0 Å². The Labute approximate surface area is 62.6 Å². The molecule has 1 fully saturated rings. The number of hydrogen-bond donors (Lipinski definition) is 1. The van der Waals surface area contributed by atoms with Crippen LogP contribution in [0.5, 0.6) is 0 Å². The molecule has 59 valence electrons. The molecule has 1 aliphatic rings. The molecule has 0 amide bonds. The summed E-state index contributed by atoms with van der Waals surface area (Å²) in [4.78, 5) is 0. The van der Waals surface area contributed by atoms with E-state index >= 15 is 0 Å². The van der Waals surface area contributed by atoms with Crippen LogP contribution in [0.4, 0.5) is 0 Å². The van der Waals surface area contributed by atoms with Crippen molar-refractivity contribution in [2.75, 3.05) is 19.7 Å². The summed E-state index contributed by atoms with van der Waals surface area (Å²) in [6.45, 7) is 2.46. The van der Waals surface area contributed by atoms with Crippen molar-refractivity contribution in [3.8, 4) is 0 Å². The molecule has 1 N–H and O–H groups in total. The Bertz CT molecular complexity index is 79.3. The van der Waals surface area contributed by atoms with Gasteiger partial charge in [0.1, 0.15) is 0 Å². The summed E-state index contributed by atoms with van der Waals surface area (Å²) < 4.78 is 0. The second kappa shape index (κ2) is 4.69. The van der Waals surface area contributed by atoms with Crippen LogP contribution in [0.15, 0.2) is 0 Å². The Morgan fingerprint density at radius 2 is 2.00 bits per heavy atom. The van der Waals surface area contributed by atoms with Crippen LogP contribution in [0.3, 0.4) is 0 Å². The highest BCUT2D eigenvalue weighted by atomic mass is 16.2. The molecule has 0 spiro atoms. The van der Waals surface area contributed by atoms with Gasteiger partial charge < -0.3 is 5.11 Å². The molecule has 0 atom stereocenters. The zero-order chi connectivity index (χ0) is 7.23. The third kappa shape index (κ3) is 2.67. The van der Waals surface area contributed by atoms with E-state index in [9.17, 15) is 0 Å². The predicted molar refractivity (Wildman–Crippen MR) is 40.9 cm³/mol. The highest BCUT2D eigenvalue weighted by molar-refractivity contribution is 4.67. The van der Waals surface area contributed by atoms with Crippen molar-refractivity contribution >= 4 is 0 Å². The SMILES string of the molecule is OCCCC1CC[N]CC1. The van der Waals surface area contributed by atoms with Crippen LogP contribution in [-0.4, -0.2) is 24.8 Å². The lowest BCUT2D eigenvalue weighted by Crippen LogP contribution is -2.22. The fourth-order valence-electron chi connectivity index (χ4n) is 1.47. The zero-order valence-electron chi connectivity index (χ0n) is 6.42. The monoisotopic (exact) mass is 142 g/mol. The molecule has 0 aromatic heterocycles. The van der Waals surface area contributed by atoms with Gasteiger partial charge in [0.05, 0.1) is 0 Å². The van der Waals surface area contributed by atoms with Gasteiger partial charge >= 0.3 is 0 Å². The molecule has 10 heavy (non-hydrogen) atoms. The maximum absolute atomic E-state index is 8.57. The van der Waals surface area contributed by atoms with Gasteiger partial charge in [-0.3, -0.25) is 0 Å². The lowest BCUT2D eigenvalue weighted by Gasteiger charge is -2.20. The molecule has 0 unspecified atom stereocenters. The summed E-state index contributed by atoms with van der Waals surface area (Å²) in [6, 6.07) is 0. The quantitative estimate of drug-likeness (QED) is 0.620. The minimum Gasteiger partial charge on any atom is -0.396 e. The van der Waals surface area contributed by atoms with Crippen LogP contribution in [0, 0.1) is 5.92 Å². The fraction of sp³-hybridized carbons (Fsp3) is 1.00. The van der Waals surface area contributed by atoms with Gasteiger partial charge in [-0.2, -0.15) is 0 Å². The number of aliphatic hydroxyl groups excluding tert-OH is 1. The minimum atomic E-state index is 0.355. The predicted octanol–water partition coefficient (Wildman–Crippen LogP) is 0.773. The van der Waals surface area contributed by atoms with Crippen LogP contribution in [-0.2, 0) is 0 Å². The lowest BCUT2D eigenvalue weighted by molar-refractivity contribution is 0.256. The summed E-state index contributed by atoms with van der Waals surface area (Å²) in [5.74, 6) is 0.852. The van der Waals surface area contributed by atoms with E-state index in [-0.39, 0.29) is 0 Å². The Balaban J connectivity index is 2.02. The largest absolute Gasteiger partial charge is 0.396 e. The van der Waals surface area contributed by atoms with Gasteiger partial charge in [-0.25, -0.2) is 5.32 Å². The van der Waals surface area contributed by atoms with E-state index in [4.69, 9.17) is 5.11 Å². The van der Waals surface area contributed by atoms with Crippen LogP contribution in [0.1, 0.15) is 25.7 Å². The molecule has 0 aromatic carbocycles. The first-order valence-electron chi connectivity index (χ1n) is 4.17. The van der Waals surface area contributed by atoms with E-state index in [0.29, 0.717) is 6.61 Å². The van der Waals surface area contributed by atoms with Crippen molar-refractivity contribution in [2.24, 2.45) is 5.92 Å². The zero-order valence-corrected chi connectivity index (χ0v) is 6.42. The molecule has 1 rings (SSSR count). The molecule has 1 radical (unpaired) electrons. The Hall–Kier alpha value is -0.0800. The molecule has 1 aliphatic heterocycles. The molecule has 2 nitrogen and oxygen atoms in total. The molecule has 1 heterocycles. The number of rotatable bonds is 3. The molecular formula is C8H16NO. The van der Waals surface area contributed by atoms with E-state index in [1.54, 1.807) is 0 Å². The van der Waals surface area contributed by atoms with Crippen molar-refractivity contribution < 1.29 is 5.11 Å². The maximum atomic E-state index is 8.57. The van der Waals surface area contributed by atoms with Crippen molar-refractivity contribution in [1.82, 2.24) is 5.32 Å². The standard InChI is InChI=1S/C8H16NO/c10-7-1-2-8-3-5-9-6-4-8/h8,10H,1-7H2. The first-order valence-corrected chi connectivity index (χ1v) is 4.17.